The second kappa shape index (κ2) is 7.53. The molecule has 142 valence electrons. The average Bonchev–Trinajstić information content (AvgIpc) is 3.30. The third-order valence-electron chi connectivity index (χ3n) is 6.22. The third-order valence-corrected chi connectivity index (χ3v) is 6.22. The van der Waals surface area contributed by atoms with E-state index < -0.39 is 0 Å². The quantitative estimate of drug-likeness (QED) is 0.844. The Kier molecular flexibility index (Phi) is 5.14. The highest BCUT2D eigenvalue weighted by Crippen LogP contribution is 2.31. The number of aromatic nitrogens is 1. The zero-order valence-corrected chi connectivity index (χ0v) is 15.9. The van der Waals surface area contributed by atoms with Crippen LogP contribution in [-0.4, -0.2) is 48.1 Å². The Labute approximate surface area is 155 Å². The second-order valence-corrected chi connectivity index (χ2v) is 7.85. The van der Waals surface area contributed by atoms with E-state index in [1.54, 1.807) is 7.11 Å². The number of carbonyl (C=O) groups excluding carboxylic acids is 1. The Balaban J connectivity index is 1.52. The largest absolute Gasteiger partial charge is 0.480 e. The summed E-state index contributed by atoms with van der Waals surface area (Å²) in [5.41, 5.74) is 9.86. The first kappa shape index (κ1) is 17.7. The van der Waals surface area contributed by atoms with E-state index >= 15 is 0 Å². The van der Waals surface area contributed by atoms with Gasteiger partial charge < -0.3 is 9.64 Å². The maximum atomic E-state index is 13.3. The van der Waals surface area contributed by atoms with Crippen LogP contribution in [0.25, 0.3) is 0 Å². The molecule has 4 rings (SSSR count). The fourth-order valence-corrected chi connectivity index (χ4v) is 4.72. The molecule has 1 aromatic rings. The van der Waals surface area contributed by atoms with Crippen LogP contribution in [0.5, 0.6) is 5.88 Å². The first-order chi connectivity index (χ1) is 12.7. The van der Waals surface area contributed by atoms with Gasteiger partial charge in [-0.05, 0) is 43.7 Å². The summed E-state index contributed by atoms with van der Waals surface area (Å²) in [6, 6.07) is 2.96. The molecule has 6 heteroatoms. The van der Waals surface area contributed by atoms with E-state index in [-0.39, 0.29) is 5.91 Å². The highest BCUT2D eigenvalue weighted by molar-refractivity contribution is 5.96. The number of piperidine rings is 1. The molecule has 1 amide bonds. The Morgan fingerprint density at radius 2 is 2.27 bits per heavy atom. The molecule has 3 aliphatic rings. The standard InChI is InChI=1S/C20H30N4O2/c1-3-4-7-17-15-12-24(10-9-18(15)23-22-17)20(25)14-11-13-6-5-8-16(13)21-19(14)26-2/h11,15,17-18,22-23H,3-10,12H2,1-2H3. The minimum atomic E-state index is 0.0728. The number of likely N-dealkylation sites (tertiary alicyclic amines) is 1. The molecule has 0 bridgehead atoms. The minimum Gasteiger partial charge on any atom is -0.480 e. The van der Waals surface area contributed by atoms with Crippen LogP contribution in [0.2, 0.25) is 0 Å². The SMILES string of the molecule is CCCCC1NNC2CCN(C(=O)c3cc4c(nc3OC)CCC4)CC12. The Morgan fingerprint density at radius 3 is 3.08 bits per heavy atom. The fraction of sp³-hybridized carbons (Fsp3) is 0.700. The van der Waals surface area contributed by atoms with Gasteiger partial charge in [-0.25, -0.2) is 4.98 Å². The molecule has 0 aromatic carbocycles. The van der Waals surface area contributed by atoms with Crippen LogP contribution in [0.1, 0.15) is 60.6 Å². The van der Waals surface area contributed by atoms with E-state index in [2.05, 4.69) is 22.8 Å². The number of aryl methyl sites for hydroxylation is 2. The van der Waals surface area contributed by atoms with Crippen LogP contribution in [-0.2, 0) is 12.8 Å². The number of hydrogen-bond donors (Lipinski definition) is 2. The first-order valence-corrected chi connectivity index (χ1v) is 10.1. The van der Waals surface area contributed by atoms with Crippen LogP contribution < -0.4 is 15.6 Å². The monoisotopic (exact) mass is 358 g/mol. The lowest BCUT2D eigenvalue weighted by Crippen LogP contribution is -2.48. The summed E-state index contributed by atoms with van der Waals surface area (Å²) in [5.74, 6) is 1.04. The van der Waals surface area contributed by atoms with E-state index in [0.717, 1.165) is 50.9 Å². The normalized spacial score (nSPS) is 27.3. The molecule has 6 nitrogen and oxygen atoms in total. The summed E-state index contributed by atoms with van der Waals surface area (Å²) < 4.78 is 5.46. The summed E-state index contributed by atoms with van der Waals surface area (Å²) >= 11 is 0. The number of ether oxygens (including phenoxy) is 1. The molecule has 0 spiro atoms. The Bertz CT molecular complexity index is 678. The maximum Gasteiger partial charge on any atom is 0.259 e. The lowest BCUT2D eigenvalue weighted by atomic mass is 9.86. The van der Waals surface area contributed by atoms with E-state index in [9.17, 15) is 4.79 Å². The van der Waals surface area contributed by atoms with E-state index in [1.807, 2.05) is 11.0 Å². The molecule has 2 aliphatic heterocycles. The van der Waals surface area contributed by atoms with Crippen molar-refractivity contribution in [1.29, 1.82) is 0 Å². The van der Waals surface area contributed by atoms with Crippen LogP contribution in [0.4, 0.5) is 0 Å². The first-order valence-electron chi connectivity index (χ1n) is 10.1. The molecule has 3 heterocycles. The highest BCUT2D eigenvalue weighted by Gasteiger charge is 2.41. The van der Waals surface area contributed by atoms with E-state index in [1.165, 1.54) is 18.4 Å². The molecule has 1 aromatic heterocycles. The van der Waals surface area contributed by atoms with Crippen molar-refractivity contribution in [2.75, 3.05) is 20.2 Å². The van der Waals surface area contributed by atoms with Crippen molar-refractivity contribution in [3.63, 3.8) is 0 Å². The summed E-state index contributed by atoms with van der Waals surface area (Å²) in [6.07, 6.45) is 7.71. The zero-order chi connectivity index (χ0) is 18.1. The van der Waals surface area contributed by atoms with Crippen molar-refractivity contribution in [1.82, 2.24) is 20.7 Å². The van der Waals surface area contributed by atoms with Gasteiger partial charge in [0.1, 0.15) is 5.56 Å². The van der Waals surface area contributed by atoms with Gasteiger partial charge in [0.15, 0.2) is 0 Å². The predicted molar refractivity (Wildman–Crippen MR) is 100 cm³/mol. The molecule has 26 heavy (non-hydrogen) atoms. The van der Waals surface area contributed by atoms with Crippen molar-refractivity contribution in [2.45, 2.75) is 64.0 Å². The highest BCUT2D eigenvalue weighted by atomic mass is 16.5. The molecule has 0 saturated carbocycles. The molecular formula is C20H30N4O2. The van der Waals surface area contributed by atoms with Gasteiger partial charge in [0.05, 0.1) is 7.11 Å². The van der Waals surface area contributed by atoms with Crippen LogP contribution in [0.3, 0.4) is 0 Å². The molecule has 1 aliphatic carbocycles. The van der Waals surface area contributed by atoms with Gasteiger partial charge in [-0.3, -0.25) is 15.6 Å². The fourth-order valence-electron chi connectivity index (χ4n) is 4.72. The van der Waals surface area contributed by atoms with Crippen molar-refractivity contribution in [2.24, 2.45) is 5.92 Å². The van der Waals surface area contributed by atoms with E-state index in [4.69, 9.17) is 4.74 Å². The zero-order valence-electron chi connectivity index (χ0n) is 15.9. The van der Waals surface area contributed by atoms with Gasteiger partial charge in [-0.2, -0.15) is 0 Å². The Morgan fingerprint density at radius 1 is 1.38 bits per heavy atom. The van der Waals surface area contributed by atoms with Gasteiger partial charge in [0.25, 0.3) is 5.91 Å². The number of carbonyl (C=O) groups is 1. The van der Waals surface area contributed by atoms with Crippen molar-refractivity contribution in [3.05, 3.63) is 22.9 Å². The van der Waals surface area contributed by atoms with E-state index in [0.29, 0.717) is 29.4 Å². The number of pyridine rings is 1. The van der Waals surface area contributed by atoms with Gasteiger partial charge in [-0.1, -0.05) is 19.8 Å². The topological polar surface area (TPSA) is 66.5 Å². The predicted octanol–water partition coefficient (Wildman–Crippen LogP) is 2.08. The second-order valence-electron chi connectivity index (χ2n) is 7.85. The number of hydrazine groups is 1. The molecule has 0 radical (unpaired) electrons. The van der Waals surface area contributed by atoms with Crippen LogP contribution in [0, 0.1) is 5.92 Å². The van der Waals surface area contributed by atoms with Gasteiger partial charge in [0, 0.05) is 36.8 Å². The van der Waals surface area contributed by atoms with Gasteiger partial charge >= 0.3 is 0 Å². The van der Waals surface area contributed by atoms with Crippen molar-refractivity contribution in [3.8, 4) is 5.88 Å². The minimum absolute atomic E-state index is 0.0728. The number of rotatable bonds is 5. The number of nitrogens with one attached hydrogen (secondary N) is 2. The number of nitrogens with zero attached hydrogens (tertiary/aromatic N) is 2. The lowest BCUT2D eigenvalue weighted by Gasteiger charge is -2.36. The summed E-state index contributed by atoms with van der Waals surface area (Å²) in [6.45, 7) is 3.82. The number of amides is 1. The third kappa shape index (κ3) is 3.21. The lowest BCUT2D eigenvalue weighted by molar-refractivity contribution is 0.0646. The van der Waals surface area contributed by atoms with Gasteiger partial charge in [-0.15, -0.1) is 0 Å². The molecule has 2 saturated heterocycles. The van der Waals surface area contributed by atoms with Crippen molar-refractivity contribution >= 4 is 5.91 Å². The van der Waals surface area contributed by atoms with Crippen molar-refractivity contribution < 1.29 is 9.53 Å². The van der Waals surface area contributed by atoms with Crippen LogP contribution in [0.15, 0.2) is 6.07 Å². The smallest absolute Gasteiger partial charge is 0.259 e. The summed E-state index contributed by atoms with van der Waals surface area (Å²) in [7, 11) is 1.61. The molecule has 2 fully saturated rings. The van der Waals surface area contributed by atoms with Gasteiger partial charge in [0.2, 0.25) is 5.88 Å². The maximum absolute atomic E-state index is 13.3. The number of fused-ring (bicyclic) bond motifs is 2. The molecule has 2 N–H and O–H groups in total. The average molecular weight is 358 g/mol. The van der Waals surface area contributed by atoms with Crippen LogP contribution >= 0.6 is 0 Å². The number of unbranched alkanes of at least 4 members (excludes halogenated alkanes) is 1. The summed E-state index contributed by atoms with van der Waals surface area (Å²) in [4.78, 5) is 19.9. The molecular weight excluding hydrogens is 328 g/mol. The Hall–Kier alpha value is -1.66. The summed E-state index contributed by atoms with van der Waals surface area (Å²) in [5, 5.41) is 0. The number of hydrogen-bond acceptors (Lipinski definition) is 5. The molecule has 3 unspecified atom stereocenters. The number of methoxy groups -OCH3 is 1. The molecule has 3 atom stereocenters.